The highest BCUT2D eigenvalue weighted by Crippen LogP contribution is 2.25. The van der Waals surface area contributed by atoms with Gasteiger partial charge in [0.2, 0.25) is 0 Å². The second-order valence-corrected chi connectivity index (χ2v) is 4.54. The molecule has 0 amide bonds. The molecular weight excluding hydrogens is 238 g/mol. The first kappa shape index (κ1) is 13.6. The largest absolute Gasteiger partial charge is 0.494 e. The second kappa shape index (κ2) is 5.89. The van der Waals surface area contributed by atoms with Gasteiger partial charge in [0.1, 0.15) is 5.75 Å². The zero-order chi connectivity index (χ0) is 13.8. The summed E-state index contributed by atoms with van der Waals surface area (Å²) in [6, 6.07) is 7.79. The van der Waals surface area contributed by atoms with Gasteiger partial charge in [-0.2, -0.15) is 5.10 Å². The molecule has 1 unspecified atom stereocenters. The van der Waals surface area contributed by atoms with Gasteiger partial charge in [0.25, 0.3) is 0 Å². The van der Waals surface area contributed by atoms with E-state index in [0.717, 1.165) is 29.0 Å². The standard InChI is InChI=1S/C15H21N3O/c1-4-14-13(10-18(3)17-14)15(16)11-7-6-8-12(9-11)19-5-2/h6-10,15H,4-5,16H2,1-3H3. The number of nitrogens with two attached hydrogens (primary N) is 1. The molecule has 4 heteroatoms. The van der Waals surface area contributed by atoms with Crippen molar-refractivity contribution in [3.05, 3.63) is 47.3 Å². The summed E-state index contributed by atoms with van der Waals surface area (Å²) in [4.78, 5) is 0. The van der Waals surface area contributed by atoms with Gasteiger partial charge in [-0.15, -0.1) is 0 Å². The molecule has 102 valence electrons. The number of aromatic nitrogens is 2. The van der Waals surface area contributed by atoms with Gasteiger partial charge in [0.05, 0.1) is 18.3 Å². The highest BCUT2D eigenvalue weighted by Gasteiger charge is 2.16. The number of nitrogens with zero attached hydrogens (tertiary/aromatic N) is 2. The minimum absolute atomic E-state index is 0.163. The second-order valence-electron chi connectivity index (χ2n) is 4.54. The fraction of sp³-hybridized carbons (Fsp3) is 0.400. The average Bonchev–Trinajstić information content (AvgIpc) is 2.80. The Balaban J connectivity index is 2.32. The van der Waals surface area contributed by atoms with Gasteiger partial charge in [-0.3, -0.25) is 4.68 Å². The minimum Gasteiger partial charge on any atom is -0.494 e. The van der Waals surface area contributed by atoms with Crippen LogP contribution in [0.25, 0.3) is 0 Å². The SMILES string of the molecule is CCOc1cccc(C(N)c2cn(C)nc2CC)c1. The zero-order valence-corrected chi connectivity index (χ0v) is 11.8. The van der Waals surface area contributed by atoms with E-state index in [4.69, 9.17) is 10.5 Å². The number of aryl methyl sites for hydroxylation is 2. The average molecular weight is 259 g/mol. The van der Waals surface area contributed by atoms with Crippen LogP contribution >= 0.6 is 0 Å². The summed E-state index contributed by atoms with van der Waals surface area (Å²) < 4.78 is 7.34. The maximum Gasteiger partial charge on any atom is 0.119 e. The van der Waals surface area contributed by atoms with Gasteiger partial charge < -0.3 is 10.5 Å². The van der Waals surface area contributed by atoms with Crippen molar-refractivity contribution in [1.29, 1.82) is 0 Å². The van der Waals surface area contributed by atoms with Gasteiger partial charge in [-0.1, -0.05) is 19.1 Å². The fourth-order valence-electron chi connectivity index (χ4n) is 2.23. The Morgan fingerprint density at radius 1 is 1.37 bits per heavy atom. The first-order valence-corrected chi connectivity index (χ1v) is 6.66. The van der Waals surface area contributed by atoms with Crippen molar-refractivity contribution in [1.82, 2.24) is 9.78 Å². The van der Waals surface area contributed by atoms with Crippen LogP contribution in [0.3, 0.4) is 0 Å². The van der Waals surface area contributed by atoms with Crippen molar-refractivity contribution in [2.24, 2.45) is 12.8 Å². The van der Waals surface area contributed by atoms with Crippen molar-refractivity contribution >= 4 is 0 Å². The summed E-state index contributed by atoms with van der Waals surface area (Å²) in [6.07, 6.45) is 2.88. The molecule has 0 aliphatic heterocycles. The van der Waals surface area contributed by atoms with E-state index in [9.17, 15) is 0 Å². The van der Waals surface area contributed by atoms with Crippen LogP contribution in [0, 0.1) is 0 Å². The molecule has 1 heterocycles. The van der Waals surface area contributed by atoms with E-state index in [-0.39, 0.29) is 6.04 Å². The Kier molecular flexibility index (Phi) is 4.22. The Morgan fingerprint density at radius 2 is 2.16 bits per heavy atom. The van der Waals surface area contributed by atoms with Crippen molar-refractivity contribution in [3.8, 4) is 5.75 Å². The maximum atomic E-state index is 6.36. The molecule has 1 atom stereocenters. The molecule has 0 fully saturated rings. The molecule has 0 aliphatic rings. The van der Waals surface area contributed by atoms with E-state index < -0.39 is 0 Å². The molecule has 0 saturated carbocycles. The number of hydrogen-bond donors (Lipinski definition) is 1. The lowest BCUT2D eigenvalue weighted by Crippen LogP contribution is -2.13. The van der Waals surface area contributed by atoms with Gasteiger partial charge >= 0.3 is 0 Å². The van der Waals surface area contributed by atoms with E-state index >= 15 is 0 Å². The molecule has 0 aliphatic carbocycles. The van der Waals surface area contributed by atoms with Crippen LogP contribution in [-0.2, 0) is 13.5 Å². The topological polar surface area (TPSA) is 53.1 Å². The zero-order valence-electron chi connectivity index (χ0n) is 11.8. The Labute approximate surface area is 114 Å². The molecule has 2 aromatic rings. The third-order valence-electron chi connectivity index (χ3n) is 3.14. The molecule has 2 N–H and O–H groups in total. The summed E-state index contributed by atoms with van der Waals surface area (Å²) >= 11 is 0. The summed E-state index contributed by atoms with van der Waals surface area (Å²) in [5, 5.41) is 4.44. The summed E-state index contributed by atoms with van der Waals surface area (Å²) in [6.45, 7) is 4.73. The molecule has 0 bridgehead atoms. The van der Waals surface area contributed by atoms with Gasteiger partial charge in [0, 0.05) is 18.8 Å². The number of rotatable bonds is 5. The van der Waals surface area contributed by atoms with Gasteiger partial charge in [-0.25, -0.2) is 0 Å². The van der Waals surface area contributed by atoms with Crippen LogP contribution in [0.4, 0.5) is 0 Å². The number of hydrogen-bond acceptors (Lipinski definition) is 3. The first-order valence-electron chi connectivity index (χ1n) is 6.66. The van der Waals surface area contributed by atoms with Crippen molar-refractivity contribution in [2.75, 3.05) is 6.61 Å². The van der Waals surface area contributed by atoms with Crippen LogP contribution < -0.4 is 10.5 Å². The number of benzene rings is 1. The molecule has 19 heavy (non-hydrogen) atoms. The smallest absolute Gasteiger partial charge is 0.119 e. The van der Waals surface area contributed by atoms with Gasteiger partial charge in [-0.05, 0) is 31.0 Å². The Morgan fingerprint density at radius 3 is 2.84 bits per heavy atom. The molecule has 1 aromatic carbocycles. The van der Waals surface area contributed by atoms with Crippen molar-refractivity contribution < 1.29 is 4.74 Å². The van der Waals surface area contributed by atoms with Crippen LogP contribution in [0.5, 0.6) is 5.75 Å². The normalized spacial score (nSPS) is 12.4. The fourth-order valence-corrected chi connectivity index (χ4v) is 2.23. The third kappa shape index (κ3) is 2.96. The lowest BCUT2D eigenvalue weighted by atomic mass is 9.99. The van der Waals surface area contributed by atoms with E-state index in [2.05, 4.69) is 12.0 Å². The quantitative estimate of drug-likeness (QED) is 0.897. The van der Waals surface area contributed by atoms with E-state index in [1.54, 1.807) is 0 Å². The highest BCUT2D eigenvalue weighted by molar-refractivity contribution is 5.37. The molecule has 4 nitrogen and oxygen atoms in total. The third-order valence-corrected chi connectivity index (χ3v) is 3.14. The molecule has 0 radical (unpaired) electrons. The maximum absolute atomic E-state index is 6.36. The molecule has 2 rings (SSSR count). The van der Waals surface area contributed by atoms with Crippen molar-refractivity contribution in [2.45, 2.75) is 26.3 Å². The predicted octanol–water partition coefficient (Wildman–Crippen LogP) is 2.43. The van der Waals surface area contributed by atoms with Gasteiger partial charge in [0.15, 0.2) is 0 Å². The molecule has 0 saturated heterocycles. The highest BCUT2D eigenvalue weighted by atomic mass is 16.5. The van der Waals surface area contributed by atoms with Crippen LogP contribution in [0.1, 0.15) is 36.7 Å². The number of ether oxygens (including phenoxy) is 1. The lowest BCUT2D eigenvalue weighted by molar-refractivity contribution is 0.340. The molecule has 0 spiro atoms. The first-order chi connectivity index (χ1) is 9.15. The summed E-state index contributed by atoms with van der Waals surface area (Å²) in [5.74, 6) is 0.859. The van der Waals surface area contributed by atoms with E-state index in [1.165, 1.54) is 0 Å². The lowest BCUT2D eigenvalue weighted by Gasteiger charge is -2.13. The van der Waals surface area contributed by atoms with Crippen LogP contribution in [-0.4, -0.2) is 16.4 Å². The van der Waals surface area contributed by atoms with Crippen LogP contribution in [0.15, 0.2) is 30.5 Å². The molecule has 1 aromatic heterocycles. The summed E-state index contributed by atoms with van der Waals surface area (Å²) in [5.41, 5.74) is 9.55. The van der Waals surface area contributed by atoms with E-state index in [0.29, 0.717) is 6.61 Å². The summed E-state index contributed by atoms with van der Waals surface area (Å²) in [7, 11) is 1.92. The Bertz CT molecular complexity index is 548. The monoisotopic (exact) mass is 259 g/mol. The predicted molar refractivity (Wildman–Crippen MR) is 76.2 cm³/mol. The van der Waals surface area contributed by atoms with Crippen molar-refractivity contribution in [3.63, 3.8) is 0 Å². The minimum atomic E-state index is -0.163. The van der Waals surface area contributed by atoms with Crippen LogP contribution in [0.2, 0.25) is 0 Å². The Hall–Kier alpha value is -1.81. The molecular formula is C15H21N3O. The van der Waals surface area contributed by atoms with E-state index in [1.807, 2.05) is 49.1 Å².